The van der Waals surface area contributed by atoms with Crippen LogP contribution in [0, 0.1) is 0 Å². The zero-order valence-electron chi connectivity index (χ0n) is 10.5. The molecule has 1 aromatic heterocycles. The molecule has 0 radical (unpaired) electrons. The first-order valence-electron chi connectivity index (χ1n) is 6.06. The number of nitrogens with zero attached hydrogens (tertiary/aromatic N) is 1. The summed E-state index contributed by atoms with van der Waals surface area (Å²) in [5.41, 5.74) is 5.95. The maximum atomic E-state index is 12.8. The van der Waals surface area contributed by atoms with E-state index in [9.17, 15) is 8.42 Å². The van der Waals surface area contributed by atoms with Gasteiger partial charge in [0.05, 0.1) is 7.57 Å². The normalized spacial score (nSPS) is 23.5. The third-order valence-electron chi connectivity index (χ3n) is 3.32. The quantitative estimate of drug-likeness (QED) is 0.799. The van der Waals surface area contributed by atoms with Gasteiger partial charge in [-0.3, -0.25) is 0 Å². The summed E-state index contributed by atoms with van der Waals surface area (Å²) in [6, 6.07) is 1.39. The van der Waals surface area contributed by atoms with E-state index in [0.717, 1.165) is 23.0 Å². The third-order valence-corrected chi connectivity index (χ3v) is 8.00. The number of thiophene rings is 1. The minimum Gasteiger partial charge on any atom is -0.326 e. The van der Waals surface area contributed by atoms with Gasteiger partial charge in [0.25, 0.3) is 0 Å². The summed E-state index contributed by atoms with van der Waals surface area (Å²) in [5, 5.41) is 0. The minimum atomic E-state index is -3.48. The Morgan fingerprint density at radius 1 is 1.47 bits per heavy atom. The van der Waals surface area contributed by atoms with Gasteiger partial charge in [-0.2, -0.15) is 4.31 Å². The van der Waals surface area contributed by atoms with Crippen LogP contribution in [0.4, 0.5) is 0 Å². The highest BCUT2D eigenvalue weighted by atomic mass is 79.9. The summed E-state index contributed by atoms with van der Waals surface area (Å²) in [5.74, 6) is 0. The molecule has 1 fully saturated rings. The standard InChI is InChI=1S/C11H16Br2N2O2S2/c1-7(14)8-4-2-3-5-15(8)19(16,17)9-6-10(12)18-11(9)13/h6-8H,2-5,14H2,1H3. The maximum absolute atomic E-state index is 12.8. The van der Waals surface area contributed by atoms with Crippen LogP contribution in [0.15, 0.2) is 18.5 Å². The molecule has 0 spiro atoms. The zero-order valence-corrected chi connectivity index (χ0v) is 15.3. The second-order valence-corrected chi connectivity index (χ2v) is 10.3. The second kappa shape index (κ2) is 6.11. The number of sulfonamides is 1. The molecule has 1 aliphatic heterocycles. The van der Waals surface area contributed by atoms with Crippen molar-refractivity contribution < 1.29 is 8.42 Å². The lowest BCUT2D eigenvalue weighted by molar-refractivity contribution is 0.227. The fraction of sp³-hybridized carbons (Fsp3) is 0.636. The maximum Gasteiger partial charge on any atom is 0.245 e. The Morgan fingerprint density at radius 3 is 2.68 bits per heavy atom. The van der Waals surface area contributed by atoms with E-state index in [1.54, 1.807) is 10.4 Å². The van der Waals surface area contributed by atoms with E-state index in [-0.39, 0.29) is 12.1 Å². The molecule has 4 nitrogen and oxygen atoms in total. The molecule has 1 aliphatic rings. The molecule has 2 unspecified atom stereocenters. The van der Waals surface area contributed by atoms with Gasteiger partial charge in [0.2, 0.25) is 10.0 Å². The van der Waals surface area contributed by atoms with E-state index < -0.39 is 10.0 Å². The highest BCUT2D eigenvalue weighted by molar-refractivity contribution is 9.12. The molecule has 0 bridgehead atoms. The number of rotatable bonds is 3. The van der Waals surface area contributed by atoms with Crippen molar-refractivity contribution in [3.8, 4) is 0 Å². The predicted octanol–water partition coefficient (Wildman–Crippen LogP) is 3.16. The predicted molar refractivity (Wildman–Crippen MR) is 84.9 cm³/mol. The second-order valence-electron chi connectivity index (χ2n) is 4.73. The first-order valence-corrected chi connectivity index (χ1v) is 9.90. The third kappa shape index (κ3) is 3.24. The molecule has 1 saturated heterocycles. The summed E-state index contributed by atoms with van der Waals surface area (Å²) in [6.07, 6.45) is 2.76. The molecule has 2 N–H and O–H groups in total. The Morgan fingerprint density at radius 2 is 2.16 bits per heavy atom. The lowest BCUT2D eigenvalue weighted by atomic mass is 10.00. The van der Waals surface area contributed by atoms with Crippen molar-refractivity contribution in [3.05, 3.63) is 13.6 Å². The smallest absolute Gasteiger partial charge is 0.245 e. The first kappa shape index (κ1) is 15.9. The lowest BCUT2D eigenvalue weighted by Crippen LogP contribution is -2.51. The molecule has 0 aliphatic carbocycles. The van der Waals surface area contributed by atoms with Crippen LogP contribution in [-0.2, 0) is 10.0 Å². The number of hydrogen-bond donors (Lipinski definition) is 1. The number of hydrogen-bond acceptors (Lipinski definition) is 4. The minimum absolute atomic E-state index is 0.107. The van der Waals surface area contributed by atoms with Gasteiger partial charge in [-0.15, -0.1) is 11.3 Å². The van der Waals surface area contributed by atoms with Gasteiger partial charge in [0.1, 0.15) is 4.90 Å². The van der Waals surface area contributed by atoms with Crippen molar-refractivity contribution in [1.82, 2.24) is 4.31 Å². The van der Waals surface area contributed by atoms with Gasteiger partial charge in [-0.05, 0) is 57.7 Å². The highest BCUT2D eigenvalue weighted by Crippen LogP contribution is 2.38. The molecule has 0 amide bonds. The SMILES string of the molecule is CC(N)C1CCCCN1S(=O)(=O)c1cc(Br)sc1Br. The molecule has 108 valence electrons. The molecule has 19 heavy (non-hydrogen) atoms. The Labute approximate surface area is 134 Å². The molecule has 1 aromatic rings. The monoisotopic (exact) mass is 430 g/mol. The van der Waals surface area contributed by atoms with Gasteiger partial charge >= 0.3 is 0 Å². The van der Waals surface area contributed by atoms with Crippen LogP contribution in [0.5, 0.6) is 0 Å². The van der Waals surface area contributed by atoms with E-state index in [0.29, 0.717) is 15.2 Å². The van der Waals surface area contributed by atoms with Gasteiger partial charge < -0.3 is 5.73 Å². The molecular formula is C11H16Br2N2O2S2. The molecule has 8 heteroatoms. The summed E-state index contributed by atoms with van der Waals surface area (Å²) in [4.78, 5) is 0.330. The average molecular weight is 432 g/mol. The topological polar surface area (TPSA) is 63.4 Å². The summed E-state index contributed by atoms with van der Waals surface area (Å²) in [7, 11) is -3.48. The van der Waals surface area contributed by atoms with E-state index in [4.69, 9.17) is 5.73 Å². The van der Waals surface area contributed by atoms with Crippen molar-refractivity contribution in [3.63, 3.8) is 0 Å². The van der Waals surface area contributed by atoms with Crippen molar-refractivity contribution in [2.45, 2.75) is 43.2 Å². The van der Waals surface area contributed by atoms with Crippen molar-refractivity contribution >= 4 is 53.2 Å². The van der Waals surface area contributed by atoms with Crippen LogP contribution in [-0.4, -0.2) is 31.4 Å². The first-order chi connectivity index (χ1) is 8.84. The highest BCUT2D eigenvalue weighted by Gasteiger charge is 2.36. The molecule has 2 atom stereocenters. The Hall–Kier alpha value is 0.530. The molecule has 0 aromatic carbocycles. The Bertz CT molecular complexity index is 557. The number of piperidine rings is 1. The fourth-order valence-electron chi connectivity index (χ4n) is 2.38. The van der Waals surface area contributed by atoms with E-state index in [1.807, 2.05) is 6.92 Å². The number of nitrogens with two attached hydrogens (primary N) is 1. The van der Waals surface area contributed by atoms with E-state index in [2.05, 4.69) is 31.9 Å². The van der Waals surface area contributed by atoms with Gasteiger partial charge in [0.15, 0.2) is 0 Å². The van der Waals surface area contributed by atoms with Crippen LogP contribution < -0.4 is 5.73 Å². The van der Waals surface area contributed by atoms with Crippen LogP contribution in [0.25, 0.3) is 0 Å². The summed E-state index contributed by atoms with van der Waals surface area (Å²) in [6.45, 7) is 2.42. The number of halogens is 2. The van der Waals surface area contributed by atoms with E-state index >= 15 is 0 Å². The van der Waals surface area contributed by atoms with Crippen LogP contribution in [0.3, 0.4) is 0 Å². The summed E-state index contributed by atoms with van der Waals surface area (Å²) >= 11 is 8.02. The molecular weight excluding hydrogens is 416 g/mol. The van der Waals surface area contributed by atoms with Crippen molar-refractivity contribution in [2.24, 2.45) is 5.73 Å². The van der Waals surface area contributed by atoms with Crippen molar-refractivity contribution in [2.75, 3.05) is 6.54 Å². The molecule has 0 saturated carbocycles. The van der Waals surface area contributed by atoms with Gasteiger partial charge in [0, 0.05) is 18.6 Å². The van der Waals surface area contributed by atoms with Crippen LogP contribution in [0.1, 0.15) is 26.2 Å². The lowest BCUT2D eigenvalue weighted by Gasteiger charge is -2.36. The Balaban J connectivity index is 2.40. The fourth-order valence-corrected chi connectivity index (χ4v) is 7.92. The van der Waals surface area contributed by atoms with Crippen LogP contribution >= 0.6 is 43.2 Å². The van der Waals surface area contributed by atoms with E-state index in [1.165, 1.54) is 11.3 Å². The van der Waals surface area contributed by atoms with Gasteiger partial charge in [-0.1, -0.05) is 6.42 Å². The van der Waals surface area contributed by atoms with Crippen molar-refractivity contribution in [1.29, 1.82) is 0 Å². The Kier molecular flexibility index (Phi) is 5.12. The summed E-state index contributed by atoms with van der Waals surface area (Å²) < 4.78 is 28.5. The largest absolute Gasteiger partial charge is 0.326 e. The molecule has 2 rings (SSSR count). The zero-order chi connectivity index (χ0) is 14.2. The average Bonchev–Trinajstić information content (AvgIpc) is 2.69. The molecule has 2 heterocycles. The van der Waals surface area contributed by atoms with Gasteiger partial charge in [-0.25, -0.2) is 8.42 Å². The van der Waals surface area contributed by atoms with Crippen LogP contribution in [0.2, 0.25) is 0 Å².